The first-order chi connectivity index (χ1) is 12.6. The largest absolute Gasteiger partial charge is 0.326 e. The number of imidazole rings is 1. The van der Waals surface area contributed by atoms with Gasteiger partial charge in [0.15, 0.2) is 4.96 Å². The van der Waals surface area contributed by atoms with Gasteiger partial charge in [-0.2, -0.15) is 0 Å². The molecule has 2 heterocycles. The molecule has 4 nitrogen and oxygen atoms in total. The van der Waals surface area contributed by atoms with E-state index in [1.54, 1.807) is 11.3 Å². The fraction of sp³-hybridized carbons (Fsp3) is 0.143. The van der Waals surface area contributed by atoms with Crippen LogP contribution >= 0.6 is 23.7 Å². The van der Waals surface area contributed by atoms with Gasteiger partial charge in [0.2, 0.25) is 5.91 Å². The van der Waals surface area contributed by atoms with Crippen LogP contribution in [0.4, 0.5) is 5.69 Å². The minimum atomic E-state index is -0.0200. The molecular formula is C21H20ClN3OS. The van der Waals surface area contributed by atoms with E-state index < -0.39 is 0 Å². The molecule has 4 rings (SSSR count). The Morgan fingerprint density at radius 1 is 1.15 bits per heavy atom. The number of hydrogen-bond donors (Lipinski definition) is 1. The summed E-state index contributed by atoms with van der Waals surface area (Å²) in [4.78, 5) is 18.1. The van der Waals surface area contributed by atoms with Gasteiger partial charge in [0.1, 0.15) is 0 Å². The number of carbonyl (C=O) groups excluding carboxylic acids is 1. The maximum atomic E-state index is 12.5. The highest BCUT2D eigenvalue weighted by Crippen LogP contribution is 2.24. The van der Waals surface area contributed by atoms with Crippen molar-refractivity contribution in [2.24, 2.45) is 0 Å². The van der Waals surface area contributed by atoms with Crippen LogP contribution in [0.5, 0.6) is 0 Å². The summed E-state index contributed by atoms with van der Waals surface area (Å²) >= 11 is 1.56. The minimum absolute atomic E-state index is 0. The molecule has 6 heteroatoms. The molecule has 0 aliphatic carbocycles. The summed E-state index contributed by atoms with van der Waals surface area (Å²) in [6, 6.07) is 16.1. The van der Waals surface area contributed by atoms with Crippen LogP contribution < -0.4 is 5.32 Å². The number of amides is 1. The molecule has 0 fully saturated rings. The SMILES string of the molecule is Cc1ccc(C)c(NC(=O)Cc2csc3nc(-c4ccccc4)cn23)c1.Cl. The van der Waals surface area contributed by atoms with E-state index >= 15 is 0 Å². The lowest BCUT2D eigenvalue weighted by Gasteiger charge is -2.09. The second-order valence-corrected chi connectivity index (χ2v) is 7.25. The van der Waals surface area contributed by atoms with Gasteiger partial charge in [-0.3, -0.25) is 9.20 Å². The second-order valence-electron chi connectivity index (χ2n) is 6.42. The third-order valence-electron chi connectivity index (χ3n) is 4.36. The van der Waals surface area contributed by atoms with E-state index in [2.05, 4.69) is 10.3 Å². The summed E-state index contributed by atoms with van der Waals surface area (Å²) in [5.41, 5.74) is 6.02. The fourth-order valence-corrected chi connectivity index (χ4v) is 3.81. The van der Waals surface area contributed by atoms with Crippen molar-refractivity contribution in [1.82, 2.24) is 9.38 Å². The number of thiazole rings is 1. The summed E-state index contributed by atoms with van der Waals surface area (Å²) in [6.45, 7) is 4.02. The molecule has 0 saturated heterocycles. The van der Waals surface area contributed by atoms with Crippen LogP contribution in [0.25, 0.3) is 16.2 Å². The van der Waals surface area contributed by atoms with Gasteiger partial charge >= 0.3 is 0 Å². The summed E-state index contributed by atoms with van der Waals surface area (Å²) in [5.74, 6) is -0.0200. The van der Waals surface area contributed by atoms with Gasteiger partial charge in [-0.15, -0.1) is 23.7 Å². The lowest BCUT2D eigenvalue weighted by molar-refractivity contribution is -0.115. The first-order valence-electron chi connectivity index (χ1n) is 8.48. The number of nitrogens with zero attached hydrogens (tertiary/aromatic N) is 2. The van der Waals surface area contributed by atoms with Crippen molar-refractivity contribution >= 4 is 40.3 Å². The Hall–Kier alpha value is -2.63. The Balaban J connectivity index is 0.00000210. The normalized spacial score (nSPS) is 10.6. The van der Waals surface area contributed by atoms with E-state index in [0.717, 1.165) is 38.7 Å². The maximum absolute atomic E-state index is 12.5. The summed E-state index contributed by atoms with van der Waals surface area (Å²) in [7, 11) is 0. The number of aryl methyl sites for hydroxylation is 2. The molecule has 0 aliphatic rings. The molecule has 2 aromatic carbocycles. The Kier molecular flexibility index (Phi) is 5.63. The van der Waals surface area contributed by atoms with Gasteiger partial charge in [0, 0.05) is 28.5 Å². The molecule has 0 bridgehead atoms. The molecule has 27 heavy (non-hydrogen) atoms. The number of benzene rings is 2. The molecule has 0 radical (unpaired) electrons. The van der Waals surface area contributed by atoms with E-state index in [1.165, 1.54) is 0 Å². The third-order valence-corrected chi connectivity index (χ3v) is 5.25. The van der Waals surface area contributed by atoms with Gasteiger partial charge in [0.05, 0.1) is 12.1 Å². The predicted molar refractivity (Wildman–Crippen MR) is 114 cm³/mol. The summed E-state index contributed by atoms with van der Waals surface area (Å²) in [6.07, 6.45) is 2.32. The monoisotopic (exact) mass is 397 g/mol. The molecule has 0 atom stereocenters. The topological polar surface area (TPSA) is 46.4 Å². The summed E-state index contributed by atoms with van der Waals surface area (Å²) < 4.78 is 2.01. The van der Waals surface area contributed by atoms with Crippen molar-refractivity contribution in [3.05, 3.63) is 76.9 Å². The Morgan fingerprint density at radius 3 is 2.70 bits per heavy atom. The highest BCUT2D eigenvalue weighted by atomic mass is 35.5. The average Bonchev–Trinajstić information content (AvgIpc) is 3.21. The smallest absolute Gasteiger partial charge is 0.230 e. The van der Waals surface area contributed by atoms with Crippen molar-refractivity contribution in [1.29, 1.82) is 0 Å². The average molecular weight is 398 g/mol. The van der Waals surface area contributed by atoms with Gasteiger partial charge < -0.3 is 5.32 Å². The van der Waals surface area contributed by atoms with Crippen LogP contribution in [-0.2, 0) is 11.2 Å². The molecule has 0 saturated carbocycles. The molecule has 1 N–H and O–H groups in total. The summed E-state index contributed by atoms with van der Waals surface area (Å²) in [5, 5.41) is 5.02. The van der Waals surface area contributed by atoms with Crippen molar-refractivity contribution in [2.75, 3.05) is 5.32 Å². The number of rotatable bonds is 4. The number of hydrogen-bond acceptors (Lipinski definition) is 3. The first kappa shape index (κ1) is 19.1. The molecular weight excluding hydrogens is 378 g/mol. The zero-order chi connectivity index (χ0) is 18.1. The van der Waals surface area contributed by atoms with Crippen molar-refractivity contribution in [3.63, 3.8) is 0 Å². The van der Waals surface area contributed by atoms with E-state index in [9.17, 15) is 4.79 Å². The standard InChI is InChI=1S/C21H19N3OS.ClH/c1-14-8-9-15(2)18(10-14)22-20(25)11-17-13-26-21-23-19(12-24(17)21)16-6-4-3-5-7-16;/h3-10,12-13H,11H2,1-2H3,(H,22,25);1H. The molecule has 4 aromatic rings. The first-order valence-corrected chi connectivity index (χ1v) is 9.36. The van der Waals surface area contributed by atoms with Crippen LogP contribution in [0.1, 0.15) is 16.8 Å². The maximum Gasteiger partial charge on any atom is 0.230 e. The highest BCUT2D eigenvalue weighted by Gasteiger charge is 2.13. The number of nitrogens with one attached hydrogen (secondary N) is 1. The van der Waals surface area contributed by atoms with E-state index in [-0.39, 0.29) is 18.3 Å². The fourth-order valence-electron chi connectivity index (χ4n) is 2.93. The minimum Gasteiger partial charge on any atom is -0.326 e. The molecule has 0 spiro atoms. The number of halogens is 1. The quantitative estimate of drug-likeness (QED) is 0.509. The van der Waals surface area contributed by atoms with E-state index in [1.807, 2.05) is 78.4 Å². The lowest BCUT2D eigenvalue weighted by atomic mass is 10.1. The van der Waals surface area contributed by atoms with Gasteiger partial charge in [-0.25, -0.2) is 4.98 Å². The molecule has 138 valence electrons. The molecule has 2 aromatic heterocycles. The van der Waals surface area contributed by atoms with Crippen LogP contribution in [0.3, 0.4) is 0 Å². The highest BCUT2D eigenvalue weighted by molar-refractivity contribution is 7.15. The number of fused-ring (bicyclic) bond motifs is 1. The molecule has 0 unspecified atom stereocenters. The van der Waals surface area contributed by atoms with Crippen LogP contribution in [-0.4, -0.2) is 15.3 Å². The van der Waals surface area contributed by atoms with E-state index in [0.29, 0.717) is 6.42 Å². The predicted octanol–water partition coefficient (Wildman–Crippen LogP) is 5.28. The second kappa shape index (κ2) is 7.94. The van der Waals surface area contributed by atoms with Crippen LogP contribution in [0.15, 0.2) is 60.1 Å². The Labute approximate surface area is 168 Å². The number of anilines is 1. The Bertz CT molecular complexity index is 1090. The van der Waals surface area contributed by atoms with E-state index in [4.69, 9.17) is 0 Å². The molecule has 0 aliphatic heterocycles. The Morgan fingerprint density at radius 2 is 1.93 bits per heavy atom. The van der Waals surface area contributed by atoms with Crippen LogP contribution in [0.2, 0.25) is 0 Å². The van der Waals surface area contributed by atoms with Gasteiger partial charge in [-0.05, 0) is 31.0 Å². The van der Waals surface area contributed by atoms with Crippen molar-refractivity contribution in [3.8, 4) is 11.3 Å². The van der Waals surface area contributed by atoms with Crippen molar-refractivity contribution < 1.29 is 4.79 Å². The number of carbonyl (C=O) groups is 1. The van der Waals surface area contributed by atoms with Crippen LogP contribution in [0, 0.1) is 13.8 Å². The zero-order valence-corrected chi connectivity index (χ0v) is 16.7. The lowest BCUT2D eigenvalue weighted by Crippen LogP contribution is -2.16. The number of aromatic nitrogens is 2. The zero-order valence-electron chi connectivity index (χ0n) is 15.1. The molecule has 1 amide bonds. The van der Waals surface area contributed by atoms with Crippen molar-refractivity contribution in [2.45, 2.75) is 20.3 Å². The van der Waals surface area contributed by atoms with Gasteiger partial charge in [-0.1, -0.05) is 42.5 Å². The third kappa shape index (κ3) is 4.04. The van der Waals surface area contributed by atoms with Gasteiger partial charge in [0.25, 0.3) is 0 Å².